The number of ether oxygens (including phenoxy) is 1. The third-order valence-corrected chi connectivity index (χ3v) is 3.79. The van der Waals surface area contributed by atoms with Crippen LogP contribution >= 0.6 is 0 Å². The van der Waals surface area contributed by atoms with Gasteiger partial charge < -0.3 is 14.8 Å². The van der Waals surface area contributed by atoms with Crippen LogP contribution in [0.2, 0.25) is 0 Å². The van der Waals surface area contributed by atoms with E-state index in [0.29, 0.717) is 23.3 Å². The molecule has 21 heavy (non-hydrogen) atoms. The molecule has 0 radical (unpaired) electrons. The Morgan fingerprint density at radius 2 is 1.95 bits per heavy atom. The smallest absolute Gasteiger partial charge is 0.231 e. The molecule has 0 aliphatic rings. The van der Waals surface area contributed by atoms with Crippen molar-refractivity contribution in [3.8, 4) is 11.5 Å². The van der Waals surface area contributed by atoms with Crippen molar-refractivity contribution in [2.45, 2.75) is 45.4 Å². The van der Waals surface area contributed by atoms with Crippen molar-refractivity contribution in [2.24, 2.45) is 0 Å². The number of rotatable bonds is 7. The molecule has 0 bridgehead atoms. The first-order valence-electron chi connectivity index (χ1n) is 7.59. The zero-order valence-corrected chi connectivity index (χ0v) is 12.7. The normalized spacial score (nSPS) is 11.0. The van der Waals surface area contributed by atoms with Gasteiger partial charge in [0.05, 0.1) is 18.2 Å². The molecule has 0 amide bonds. The van der Waals surface area contributed by atoms with Gasteiger partial charge in [-0.2, -0.15) is 0 Å². The summed E-state index contributed by atoms with van der Waals surface area (Å²) in [4.78, 5) is 15.4. The van der Waals surface area contributed by atoms with Crippen LogP contribution in [0.15, 0.2) is 23.0 Å². The van der Waals surface area contributed by atoms with Crippen LogP contribution in [0.1, 0.15) is 44.7 Å². The SMILES string of the molecule is CCCCCCCc1[nH]c2ccc(OC)cc2c(=O)c1O. The number of aromatic nitrogens is 1. The minimum absolute atomic E-state index is 0.161. The Hall–Kier alpha value is -1.97. The van der Waals surface area contributed by atoms with Crippen molar-refractivity contribution in [3.05, 3.63) is 34.1 Å². The first-order valence-corrected chi connectivity index (χ1v) is 7.59. The fraction of sp³-hybridized carbons (Fsp3) is 0.471. The van der Waals surface area contributed by atoms with Gasteiger partial charge in [0.2, 0.25) is 5.43 Å². The molecule has 1 heterocycles. The van der Waals surface area contributed by atoms with Gasteiger partial charge in [-0.25, -0.2) is 0 Å². The number of benzene rings is 1. The number of pyridine rings is 1. The fourth-order valence-corrected chi connectivity index (χ4v) is 2.52. The summed E-state index contributed by atoms with van der Waals surface area (Å²) in [6.45, 7) is 2.18. The number of aromatic amines is 1. The molecule has 0 fully saturated rings. The fourth-order valence-electron chi connectivity index (χ4n) is 2.52. The summed E-state index contributed by atoms with van der Waals surface area (Å²) in [5.41, 5.74) is 1.04. The Morgan fingerprint density at radius 1 is 1.19 bits per heavy atom. The summed E-state index contributed by atoms with van der Waals surface area (Å²) < 4.78 is 5.12. The zero-order valence-electron chi connectivity index (χ0n) is 12.7. The molecule has 0 atom stereocenters. The summed E-state index contributed by atoms with van der Waals surface area (Å²) in [6, 6.07) is 5.27. The van der Waals surface area contributed by atoms with E-state index in [1.165, 1.54) is 19.3 Å². The number of methoxy groups -OCH3 is 1. The van der Waals surface area contributed by atoms with Crippen molar-refractivity contribution in [1.29, 1.82) is 0 Å². The number of nitrogens with one attached hydrogen (secondary N) is 1. The molecule has 0 spiro atoms. The van der Waals surface area contributed by atoms with E-state index >= 15 is 0 Å². The van der Waals surface area contributed by atoms with Crippen LogP contribution in [0.4, 0.5) is 0 Å². The van der Waals surface area contributed by atoms with Gasteiger partial charge in [0, 0.05) is 5.52 Å². The summed E-state index contributed by atoms with van der Waals surface area (Å²) >= 11 is 0. The van der Waals surface area contributed by atoms with E-state index in [9.17, 15) is 9.90 Å². The molecule has 0 saturated heterocycles. The predicted molar refractivity (Wildman–Crippen MR) is 85.2 cm³/mol. The topological polar surface area (TPSA) is 62.3 Å². The molecule has 2 N–H and O–H groups in total. The summed E-state index contributed by atoms with van der Waals surface area (Å²) in [6.07, 6.45) is 6.44. The number of unbranched alkanes of at least 4 members (excludes halogenated alkanes) is 4. The van der Waals surface area contributed by atoms with Gasteiger partial charge in [-0.05, 0) is 31.0 Å². The third kappa shape index (κ3) is 3.57. The molecule has 4 nitrogen and oxygen atoms in total. The monoisotopic (exact) mass is 289 g/mol. The number of aryl methyl sites for hydroxylation is 1. The lowest BCUT2D eigenvalue weighted by Crippen LogP contribution is -2.07. The highest BCUT2D eigenvalue weighted by atomic mass is 16.5. The van der Waals surface area contributed by atoms with Crippen molar-refractivity contribution in [3.63, 3.8) is 0 Å². The molecule has 114 valence electrons. The number of hydrogen-bond donors (Lipinski definition) is 2. The average Bonchev–Trinajstić information content (AvgIpc) is 2.51. The van der Waals surface area contributed by atoms with Crippen LogP contribution in [0.25, 0.3) is 10.9 Å². The van der Waals surface area contributed by atoms with Gasteiger partial charge in [-0.15, -0.1) is 0 Å². The summed E-state index contributed by atoms with van der Waals surface area (Å²) in [5.74, 6) is 0.450. The van der Waals surface area contributed by atoms with Crippen molar-refractivity contribution in [2.75, 3.05) is 7.11 Å². The van der Waals surface area contributed by atoms with Crippen molar-refractivity contribution in [1.82, 2.24) is 4.98 Å². The number of aromatic hydroxyl groups is 1. The van der Waals surface area contributed by atoms with Gasteiger partial charge >= 0.3 is 0 Å². The van der Waals surface area contributed by atoms with Gasteiger partial charge in [0.25, 0.3) is 0 Å². The predicted octanol–water partition coefficient (Wildman–Crippen LogP) is 3.76. The standard InChI is InChI=1S/C17H23NO3/c1-3-4-5-6-7-8-15-17(20)16(19)13-11-12(21-2)9-10-14(13)18-15/h9-11,20H,3-8H2,1-2H3,(H,18,19). The van der Waals surface area contributed by atoms with Gasteiger partial charge in [-0.3, -0.25) is 4.79 Å². The van der Waals surface area contributed by atoms with Gasteiger partial charge in [-0.1, -0.05) is 32.6 Å². The van der Waals surface area contributed by atoms with Crippen molar-refractivity contribution >= 4 is 10.9 Å². The molecule has 1 aromatic heterocycles. The second-order valence-corrected chi connectivity index (χ2v) is 5.36. The molecule has 2 aromatic rings. The van der Waals surface area contributed by atoms with Crippen LogP contribution in [0.5, 0.6) is 11.5 Å². The average molecular weight is 289 g/mol. The highest BCUT2D eigenvalue weighted by Crippen LogP contribution is 2.22. The van der Waals surface area contributed by atoms with E-state index in [1.807, 2.05) is 6.07 Å². The van der Waals surface area contributed by atoms with E-state index in [1.54, 1.807) is 19.2 Å². The van der Waals surface area contributed by atoms with Gasteiger partial charge in [0.15, 0.2) is 5.75 Å². The molecular weight excluding hydrogens is 266 g/mol. The van der Waals surface area contributed by atoms with E-state index in [0.717, 1.165) is 18.4 Å². The number of H-pyrrole nitrogens is 1. The highest BCUT2D eigenvalue weighted by molar-refractivity contribution is 5.81. The molecule has 0 unspecified atom stereocenters. The van der Waals surface area contributed by atoms with Crippen LogP contribution in [0.3, 0.4) is 0 Å². The minimum atomic E-state index is -0.328. The Bertz CT molecular complexity index is 661. The van der Waals surface area contributed by atoms with Gasteiger partial charge in [0.1, 0.15) is 5.75 Å². The molecule has 1 aromatic carbocycles. The highest BCUT2D eigenvalue weighted by Gasteiger charge is 2.11. The Labute approximate surface area is 124 Å². The second kappa shape index (κ2) is 7.16. The molecule has 0 aliphatic carbocycles. The maximum Gasteiger partial charge on any atom is 0.231 e. The van der Waals surface area contributed by atoms with E-state index in [4.69, 9.17) is 4.74 Å². The zero-order chi connectivity index (χ0) is 15.2. The molecule has 4 heteroatoms. The summed E-state index contributed by atoms with van der Waals surface area (Å²) in [7, 11) is 1.56. The van der Waals surface area contributed by atoms with Crippen molar-refractivity contribution < 1.29 is 9.84 Å². The number of hydrogen-bond acceptors (Lipinski definition) is 3. The minimum Gasteiger partial charge on any atom is -0.503 e. The molecule has 2 rings (SSSR count). The first kappa shape index (κ1) is 15.4. The lowest BCUT2D eigenvalue weighted by molar-refractivity contribution is 0.415. The summed E-state index contributed by atoms with van der Waals surface area (Å²) in [5, 5.41) is 10.5. The number of fused-ring (bicyclic) bond motifs is 1. The quantitative estimate of drug-likeness (QED) is 0.763. The first-order chi connectivity index (χ1) is 10.2. The lowest BCUT2D eigenvalue weighted by atomic mass is 10.1. The molecule has 0 saturated carbocycles. The Kier molecular flexibility index (Phi) is 5.26. The lowest BCUT2D eigenvalue weighted by Gasteiger charge is -2.08. The van der Waals surface area contributed by atoms with E-state index in [-0.39, 0.29) is 11.2 Å². The Morgan fingerprint density at radius 3 is 2.67 bits per heavy atom. The van der Waals surface area contributed by atoms with E-state index in [2.05, 4.69) is 11.9 Å². The molecular formula is C17H23NO3. The maximum absolute atomic E-state index is 12.2. The largest absolute Gasteiger partial charge is 0.503 e. The second-order valence-electron chi connectivity index (χ2n) is 5.36. The van der Waals surface area contributed by atoms with Crippen LogP contribution in [-0.2, 0) is 6.42 Å². The van der Waals surface area contributed by atoms with Crippen LogP contribution < -0.4 is 10.2 Å². The third-order valence-electron chi connectivity index (χ3n) is 3.79. The van der Waals surface area contributed by atoms with E-state index < -0.39 is 0 Å². The maximum atomic E-state index is 12.2. The molecule has 0 aliphatic heterocycles. The van der Waals surface area contributed by atoms with Crippen LogP contribution in [0, 0.1) is 0 Å². The Balaban J connectivity index is 2.21. The van der Waals surface area contributed by atoms with Crippen LogP contribution in [-0.4, -0.2) is 17.2 Å².